The summed E-state index contributed by atoms with van der Waals surface area (Å²) in [6, 6.07) is 7.03. The Labute approximate surface area is 170 Å². The Bertz CT molecular complexity index is 846. The normalized spacial score (nSPS) is 12.6. The third-order valence-electron chi connectivity index (χ3n) is 3.64. The minimum atomic E-state index is -0.617. The van der Waals surface area contributed by atoms with Gasteiger partial charge in [-0.2, -0.15) is 4.98 Å². The Hall–Kier alpha value is -2.90. The molecule has 0 aliphatic heterocycles. The van der Waals surface area contributed by atoms with Crippen LogP contribution in [-0.4, -0.2) is 35.0 Å². The standard InChI is InChI=1S/C21H28FN3O4/c1-20(2,3)18-24-17(29-25-18)15-7-9-16(10-8-15)27-13-14(11-22)12-23-19(26)28-21(4,5)6/h7-11H,12-13H2,1-6H3,(H,23,26)/b14-11+. The summed E-state index contributed by atoms with van der Waals surface area (Å²) in [5, 5.41) is 6.50. The molecule has 158 valence electrons. The molecule has 1 heterocycles. The maximum atomic E-state index is 13.1. The monoisotopic (exact) mass is 405 g/mol. The molecule has 0 spiro atoms. The van der Waals surface area contributed by atoms with E-state index in [1.54, 1.807) is 45.0 Å². The van der Waals surface area contributed by atoms with Gasteiger partial charge in [-0.3, -0.25) is 0 Å². The number of benzene rings is 1. The first-order chi connectivity index (χ1) is 13.5. The van der Waals surface area contributed by atoms with E-state index in [9.17, 15) is 9.18 Å². The largest absolute Gasteiger partial charge is 0.489 e. The van der Waals surface area contributed by atoms with Crippen LogP contribution in [0.25, 0.3) is 11.5 Å². The van der Waals surface area contributed by atoms with Crippen LogP contribution in [0.15, 0.2) is 40.7 Å². The summed E-state index contributed by atoms with van der Waals surface area (Å²) < 4.78 is 29.1. The van der Waals surface area contributed by atoms with Gasteiger partial charge in [0.05, 0.1) is 6.33 Å². The Morgan fingerprint density at radius 3 is 2.34 bits per heavy atom. The Morgan fingerprint density at radius 2 is 1.83 bits per heavy atom. The molecule has 2 aromatic rings. The van der Waals surface area contributed by atoms with E-state index in [1.807, 2.05) is 20.8 Å². The number of halogens is 1. The lowest BCUT2D eigenvalue weighted by molar-refractivity contribution is 0.0531. The van der Waals surface area contributed by atoms with Gasteiger partial charge >= 0.3 is 6.09 Å². The SMILES string of the molecule is CC(C)(C)OC(=O)NC/C(=C\F)COc1ccc(-c2nc(C(C)(C)C)no2)cc1. The molecule has 29 heavy (non-hydrogen) atoms. The molecular formula is C21H28FN3O4. The molecule has 1 amide bonds. The van der Waals surface area contributed by atoms with Crippen LogP contribution in [0.3, 0.4) is 0 Å². The van der Waals surface area contributed by atoms with Gasteiger partial charge in [0.15, 0.2) is 5.82 Å². The molecule has 1 N–H and O–H groups in total. The minimum absolute atomic E-state index is 0.0128. The summed E-state index contributed by atoms with van der Waals surface area (Å²) in [6.07, 6.45) is -0.200. The molecule has 2 rings (SSSR count). The number of alkyl carbamates (subject to hydrolysis) is 1. The Kier molecular flexibility index (Phi) is 7.00. The summed E-state index contributed by atoms with van der Waals surface area (Å²) in [5.41, 5.74) is 0.209. The van der Waals surface area contributed by atoms with Crippen molar-refractivity contribution in [2.75, 3.05) is 13.2 Å². The number of nitrogens with one attached hydrogen (secondary N) is 1. The van der Waals surface area contributed by atoms with Crippen molar-refractivity contribution >= 4 is 6.09 Å². The molecule has 1 aromatic heterocycles. The lowest BCUT2D eigenvalue weighted by atomic mass is 9.96. The molecule has 0 unspecified atom stereocenters. The highest BCUT2D eigenvalue weighted by atomic mass is 19.1. The van der Waals surface area contributed by atoms with Crippen molar-refractivity contribution in [3.05, 3.63) is 42.0 Å². The third kappa shape index (κ3) is 7.21. The van der Waals surface area contributed by atoms with Crippen LogP contribution in [0, 0.1) is 0 Å². The van der Waals surface area contributed by atoms with Crippen molar-refractivity contribution in [1.82, 2.24) is 15.5 Å². The third-order valence-corrected chi connectivity index (χ3v) is 3.64. The number of hydrogen-bond donors (Lipinski definition) is 1. The average molecular weight is 405 g/mol. The molecule has 0 aliphatic carbocycles. The molecule has 0 saturated carbocycles. The van der Waals surface area contributed by atoms with Crippen LogP contribution in [0.4, 0.5) is 9.18 Å². The minimum Gasteiger partial charge on any atom is -0.489 e. The van der Waals surface area contributed by atoms with Crippen molar-refractivity contribution in [2.45, 2.75) is 52.6 Å². The fourth-order valence-electron chi connectivity index (χ4n) is 2.14. The van der Waals surface area contributed by atoms with E-state index < -0.39 is 11.7 Å². The molecule has 8 heteroatoms. The smallest absolute Gasteiger partial charge is 0.407 e. The average Bonchev–Trinajstić information content (AvgIpc) is 3.11. The van der Waals surface area contributed by atoms with Gasteiger partial charge in [-0.1, -0.05) is 25.9 Å². The lowest BCUT2D eigenvalue weighted by Crippen LogP contribution is -2.34. The topological polar surface area (TPSA) is 86.5 Å². The van der Waals surface area contributed by atoms with E-state index in [1.165, 1.54) is 0 Å². The van der Waals surface area contributed by atoms with Gasteiger partial charge in [-0.05, 0) is 45.0 Å². The van der Waals surface area contributed by atoms with Crippen molar-refractivity contribution in [2.24, 2.45) is 0 Å². The van der Waals surface area contributed by atoms with Crippen LogP contribution >= 0.6 is 0 Å². The van der Waals surface area contributed by atoms with E-state index >= 15 is 0 Å². The lowest BCUT2D eigenvalue weighted by Gasteiger charge is -2.20. The first-order valence-electron chi connectivity index (χ1n) is 9.30. The van der Waals surface area contributed by atoms with E-state index in [0.717, 1.165) is 5.56 Å². The van der Waals surface area contributed by atoms with Gasteiger partial charge in [-0.25, -0.2) is 9.18 Å². The number of hydrogen-bond acceptors (Lipinski definition) is 6. The Morgan fingerprint density at radius 1 is 1.17 bits per heavy atom. The molecule has 0 fully saturated rings. The molecule has 7 nitrogen and oxygen atoms in total. The number of amides is 1. The zero-order chi connectivity index (χ0) is 21.7. The second-order valence-corrected chi connectivity index (χ2v) is 8.61. The van der Waals surface area contributed by atoms with Crippen LogP contribution in [0.1, 0.15) is 47.4 Å². The Balaban J connectivity index is 1.89. The van der Waals surface area contributed by atoms with Crippen molar-refractivity contribution in [1.29, 1.82) is 0 Å². The fourth-order valence-corrected chi connectivity index (χ4v) is 2.14. The molecule has 0 atom stereocenters. The van der Waals surface area contributed by atoms with Gasteiger partial charge in [0, 0.05) is 23.1 Å². The quantitative estimate of drug-likeness (QED) is 0.743. The van der Waals surface area contributed by atoms with Gasteiger partial charge in [0.1, 0.15) is 18.0 Å². The van der Waals surface area contributed by atoms with E-state index in [0.29, 0.717) is 23.8 Å². The van der Waals surface area contributed by atoms with E-state index in [4.69, 9.17) is 14.0 Å². The van der Waals surface area contributed by atoms with Crippen LogP contribution in [0.2, 0.25) is 0 Å². The number of carbonyl (C=O) groups excluding carboxylic acids is 1. The summed E-state index contributed by atoms with van der Waals surface area (Å²) in [5.74, 6) is 1.59. The first kappa shape index (κ1) is 22.4. The van der Waals surface area contributed by atoms with Gasteiger partial charge in [0.2, 0.25) is 0 Å². The summed E-state index contributed by atoms with van der Waals surface area (Å²) in [4.78, 5) is 16.1. The summed E-state index contributed by atoms with van der Waals surface area (Å²) in [6.45, 7) is 11.3. The number of rotatable bonds is 6. The second-order valence-electron chi connectivity index (χ2n) is 8.61. The molecular weight excluding hydrogens is 377 g/mol. The number of nitrogens with zero attached hydrogens (tertiary/aromatic N) is 2. The summed E-state index contributed by atoms with van der Waals surface area (Å²) in [7, 11) is 0. The maximum Gasteiger partial charge on any atom is 0.407 e. The maximum absolute atomic E-state index is 13.1. The zero-order valence-corrected chi connectivity index (χ0v) is 17.7. The molecule has 0 aliphatic rings. The zero-order valence-electron chi connectivity index (χ0n) is 17.7. The predicted octanol–water partition coefficient (Wildman–Crippen LogP) is 4.79. The van der Waals surface area contributed by atoms with Crippen molar-refractivity contribution < 1.29 is 23.2 Å². The molecule has 0 saturated heterocycles. The van der Waals surface area contributed by atoms with Gasteiger partial charge in [0.25, 0.3) is 5.89 Å². The first-order valence-corrected chi connectivity index (χ1v) is 9.30. The van der Waals surface area contributed by atoms with Crippen molar-refractivity contribution in [3.63, 3.8) is 0 Å². The van der Waals surface area contributed by atoms with Crippen molar-refractivity contribution in [3.8, 4) is 17.2 Å². The predicted molar refractivity (Wildman–Crippen MR) is 107 cm³/mol. The second kappa shape index (κ2) is 9.07. The molecule has 1 aromatic carbocycles. The highest BCUT2D eigenvalue weighted by molar-refractivity contribution is 5.68. The highest BCUT2D eigenvalue weighted by Crippen LogP contribution is 2.25. The van der Waals surface area contributed by atoms with Gasteiger partial charge < -0.3 is 19.3 Å². The molecule has 0 bridgehead atoms. The number of ether oxygens (including phenoxy) is 2. The van der Waals surface area contributed by atoms with Crippen LogP contribution < -0.4 is 10.1 Å². The number of aromatic nitrogens is 2. The van der Waals surface area contributed by atoms with E-state index in [2.05, 4.69) is 15.5 Å². The van der Waals surface area contributed by atoms with E-state index in [-0.39, 0.29) is 24.1 Å². The number of carbonyl (C=O) groups is 1. The summed E-state index contributed by atoms with van der Waals surface area (Å²) >= 11 is 0. The van der Waals surface area contributed by atoms with Crippen LogP contribution in [-0.2, 0) is 10.2 Å². The highest BCUT2D eigenvalue weighted by Gasteiger charge is 2.21. The molecule has 0 radical (unpaired) electrons. The van der Waals surface area contributed by atoms with Gasteiger partial charge in [-0.15, -0.1) is 0 Å². The fraction of sp³-hybridized carbons (Fsp3) is 0.476. The van der Waals surface area contributed by atoms with Crippen LogP contribution in [0.5, 0.6) is 5.75 Å².